The van der Waals surface area contributed by atoms with Gasteiger partial charge in [-0.15, -0.1) is 0 Å². The van der Waals surface area contributed by atoms with Crippen molar-refractivity contribution in [2.45, 2.75) is 74.3 Å². The number of piperidine rings is 1. The summed E-state index contributed by atoms with van der Waals surface area (Å²) in [5, 5.41) is 2.76. The number of nitrogens with one attached hydrogen (secondary N) is 1. The van der Waals surface area contributed by atoms with Crippen LogP contribution in [0.25, 0.3) is 0 Å². The van der Waals surface area contributed by atoms with Gasteiger partial charge in [-0.2, -0.15) is 13.2 Å². The first kappa shape index (κ1) is 26.5. The summed E-state index contributed by atoms with van der Waals surface area (Å²) in [6.45, 7) is 2.79. The first-order valence-electron chi connectivity index (χ1n) is 11.5. The van der Waals surface area contributed by atoms with Crippen LogP contribution in [0.5, 0.6) is 5.88 Å². The number of pyridine rings is 1. The third-order valence-corrected chi connectivity index (χ3v) is 7.99. The van der Waals surface area contributed by atoms with Gasteiger partial charge in [0, 0.05) is 36.3 Å². The average molecular weight is 546 g/mol. The summed E-state index contributed by atoms with van der Waals surface area (Å²) in [6.07, 6.45) is 0.612. The molecule has 36 heavy (non-hydrogen) atoms. The fourth-order valence-corrected chi connectivity index (χ4v) is 5.73. The number of hydrogen-bond acceptors (Lipinski definition) is 6. The molecule has 1 amide bonds. The zero-order valence-electron chi connectivity index (χ0n) is 20.0. The van der Waals surface area contributed by atoms with Gasteiger partial charge in [0.2, 0.25) is 5.88 Å². The van der Waals surface area contributed by atoms with Gasteiger partial charge in [-0.3, -0.25) is 4.79 Å². The molecule has 2 bridgehead atoms. The predicted molar refractivity (Wildman–Crippen MR) is 129 cm³/mol. The van der Waals surface area contributed by atoms with Gasteiger partial charge in [-0.25, -0.2) is 13.4 Å². The highest BCUT2D eigenvalue weighted by molar-refractivity contribution is 7.90. The van der Waals surface area contributed by atoms with E-state index in [1.54, 1.807) is 24.3 Å². The molecular formula is C24H27ClF3N3O4S. The van der Waals surface area contributed by atoms with Gasteiger partial charge >= 0.3 is 6.18 Å². The summed E-state index contributed by atoms with van der Waals surface area (Å²) in [5.41, 5.74) is -1.83. The Hall–Kier alpha value is -2.53. The maximum Gasteiger partial charge on any atom is 0.421 e. The van der Waals surface area contributed by atoms with Gasteiger partial charge in [0.25, 0.3) is 5.91 Å². The molecule has 1 N–H and O–H groups in total. The van der Waals surface area contributed by atoms with Crippen LogP contribution in [0.2, 0.25) is 5.02 Å². The number of carbonyl (C=O) groups excluding carboxylic acids is 1. The van der Waals surface area contributed by atoms with Crippen LogP contribution in [0.3, 0.4) is 0 Å². The van der Waals surface area contributed by atoms with Gasteiger partial charge in [-0.05, 0) is 69.9 Å². The van der Waals surface area contributed by atoms with E-state index in [0.29, 0.717) is 18.9 Å². The van der Waals surface area contributed by atoms with E-state index in [2.05, 4.69) is 15.2 Å². The van der Waals surface area contributed by atoms with Crippen molar-refractivity contribution >= 4 is 33.0 Å². The molecule has 3 atom stereocenters. The molecule has 0 saturated carbocycles. The molecular weight excluding hydrogens is 519 g/mol. The van der Waals surface area contributed by atoms with Crippen LogP contribution < -0.4 is 15.0 Å². The van der Waals surface area contributed by atoms with Crippen LogP contribution in [0, 0.1) is 0 Å². The second-order valence-corrected chi connectivity index (χ2v) is 12.3. The molecule has 1 unspecified atom stereocenters. The highest BCUT2D eigenvalue weighted by atomic mass is 35.5. The maximum absolute atomic E-state index is 13.4. The molecule has 2 aromatic rings. The fourth-order valence-electron chi connectivity index (χ4n) is 4.94. The van der Waals surface area contributed by atoms with Crippen LogP contribution in [0.4, 0.5) is 18.9 Å². The summed E-state index contributed by atoms with van der Waals surface area (Å²) in [4.78, 5) is 19.2. The zero-order chi connectivity index (χ0) is 26.5. The molecule has 0 aliphatic carbocycles. The number of anilines is 1. The van der Waals surface area contributed by atoms with Crippen molar-refractivity contribution in [2.75, 3.05) is 11.2 Å². The quantitative estimate of drug-likeness (QED) is 0.569. The first-order chi connectivity index (χ1) is 16.6. The van der Waals surface area contributed by atoms with Crippen LogP contribution in [0.15, 0.2) is 41.4 Å². The maximum atomic E-state index is 13.4. The Labute approximate surface area is 212 Å². The van der Waals surface area contributed by atoms with E-state index in [4.69, 9.17) is 16.3 Å². The third-order valence-electron chi connectivity index (χ3n) is 6.65. The molecule has 2 fully saturated rings. The highest BCUT2D eigenvalue weighted by Crippen LogP contribution is 2.40. The van der Waals surface area contributed by atoms with Crippen molar-refractivity contribution < 1.29 is 31.1 Å². The second kappa shape index (κ2) is 9.41. The molecule has 1 aromatic carbocycles. The van der Waals surface area contributed by atoms with Crippen LogP contribution in [-0.2, 0) is 20.8 Å². The van der Waals surface area contributed by atoms with Gasteiger partial charge in [0.15, 0.2) is 15.4 Å². The Kier molecular flexibility index (Phi) is 6.93. The Morgan fingerprint density at radius 3 is 2.25 bits per heavy atom. The lowest BCUT2D eigenvalue weighted by Gasteiger charge is -2.41. The van der Waals surface area contributed by atoms with Gasteiger partial charge < -0.3 is 15.0 Å². The molecule has 1 aromatic heterocycles. The zero-order valence-corrected chi connectivity index (χ0v) is 21.5. The number of nitrogens with zero attached hydrogens (tertiary/aromatic N) is 2. The van der Waals surface area contributed by atoms with E-state index in [0.717, 1.165) is 31.0 Å². The Balaban J connectivity index is 1.43. The normalized spacial score (nSPS) is 22.4. The smallest absolute Gasteiger partial charge is 0.421 e. The van der Waals surface area contributed by atoms with Crippen molar-refractivity contribution in [1.29, 1.82) is 0 Å². The van der Waals surface area contributed by atoms with Crippen molar-refractivity contribution in [3.05, 3.63) is 47.1 Å². The number of fused-ring (bicyclic) bond motifs is 2. The number of hydrogen-bond donors (Lipinski definition) is 1. The van der Waals surface area contributed by atoms with Gasteiger partial charge in [0.1, 0.15) is 5.56 Å². The molecule has 2 aliphatic rings. The average Bonchev–Trinajstić information content (AvgIpc) is 3.04. The largest absolute Gasteiger partial charge is 0.461 e. The number of sulfone groups is 1. The summed E-state index contributed by atoms with van der Waals surface area (Å²) in [5.74, 6) is -1.25. The van der Waals surface area contributed by atoms with Gasteiger partial charge in [0.05, 0.1) is 9.92 Å². The topological polar surface area (TPSA) is 88.6 Å². The number of ether oxygens (including phenoxy) is 1. The van der Waals surface area contributed by atoms with E-state index in [9.17, 15) is 26.4 Å². The first-order valence-corrected chi connectivity index (χ1v) is 13.7. The van der Waals surface area contributed by atoms with E-state index in [1.807, 2.05) is 0 Å². The number of benzene rings is 1. The minimum absolute atomic E-state index is 0.150. The second-order valence-electron chi connectivity index (χ2n) is 9.82. The molecule has 196 valence electrons. The van der Waals surface area contributed by atoms with E-state index >= 15 is 0 Å². The summed E-state index contributed by atoms with van der Waals surface area (Å²) >= 11 is 5.67. The number of amides is 1. The SMILES string of the molecule is CC(C)(Oc1ncc(Cl)cc1C(F)(F)F)C(=O)NC1C[C@H]2CC[C@@H](C1)N2c1ccc(S(C)(=O)=O)cc1. The number of carbonyl (C=O) groups is 1. The predicted octanol–water partition coefficient (Wildman–Crippen LogP) is 4.63. The molecule has 0 spiro atoms. The molecule has 0 radical (unpaired) electrons. The lowest BCUT2D eigenvalue weighted by Crippen LogP contribution is -2.55. The monoisotopic (exact) mass is 545 g/mol. The molecule has 2 saturated heterocycles. The standard InChI is InChI=1S/C24H27ClF3N3O4S/c1-23(2,35-21-20(24(26,27)28)10-14(25)13-29-21)22(32)30-15-11-17-4-5-18(12-15)31(17)16-6-8-19(9-7-16)36(3,33)34/h6-10,13,15,17-18H,4-5,11-12H2,1-3H3,(H,30,32)/t15?,17-,18+. The summed E-state index contributed by atoms with van der Waals surface area (Å²) < 4.78 is 69.2. The van der Waals surface area contributed by atoms with E-state index in [-0.39, 0.29) is 28.0 Å². The van der Waals surface area contributed by atoms with E-state index in [1.165, 1.54) is 13.8 Å². The minimum atomic E-state index is -4.74. The molecule has 7 nitrogen and oxygen atoms in total. The fraction of sp³-hybridized carbons (Fsp3) is 0.500. The molecule has 4 rings (SSSR count). The number of aromatic nitrogens is 1. The van der Waals surface area contributed by atoms with Crippen LogP contribution in [0.1, 0.15) is 45.1 Å². The molecule has 2 aliphatic heterocycles. The Bertz CT molecular complexity index is 1240. The van der Waals surface area contributed by atoms with E-state index < -0.39 is 39.0 Å². The van der Waals surface area contributed by atoms with Gasteiger partial charge in [-0.1, -0.05) is 11.6 Å². The molecule has 3 heterocycles. The lowest BCUT2D eigenvalue weighted by molar-refractivity contribution is -0.144. The third kappa shape index (κ3) is 5.56. The summed E-state index contributed by atoms with van der Waals surface area (Å²) in [6, 6.07) is 7.63. The molecule has 12 heteroatoms. The van der Waals surface area contributed by atoms with Crippen molar-refractivity contribution in [2.24, 2.45) is 0 Å². The summed E-state index contributed by atoms with van der Waals surface area (Å²) in [7, 11) is -3.29. The van der Waals surface area contributed by atoms with Crippen molar-refractivity contribution in [1.82, 2.24) is 10.3 Å². The Morgan fingerprint density at radius 2 is 1.72 bits per heavy atom. The van der Waals surface area contributed by atoms with Crippen molar-refractivity contribution in [3.8, 4) is 5.88 Å². The number of halogens is 4. The lowest BCUT2D eigenvalue weighted by atomic mass is 9.95. The van der Waals surface area contributed by atoms with Crippen molar-refractivity contribution in [3.63, 3.8) is 0 Å². The Morgan fingerprint density at radius 1 is 1.14 bits per heavy atom. The number of alkyl halides is 3. The highest BCUT2D eigenvalue weighted by Gasteiger charge is 2.44. The number of rotatable bonds is 6. The minimum Gasteiger partial charge on any atom is -0.461 e. The van der Waals surface area contributed by atoms with Crippen LogP contribution in [-0.4, -0.2) is 49.3 Å². The van der Waals surface area contributed by atoms with Crippen LogP contribution >= 0.6 is 11.6 Å².